The molecule has 1 amide bonds. The molecule has 3 nitrogen and oxygen atoms in total. The summed E-state index contributed by atoms with van der Waals surface area (Å²) >= 11 is 0. The number of rotatable bonds is 4. The SMILES string of the molecule is CN(C)C/C=C/C(=O)N1Cc2ccccc2C(c2ccccc2)C1. The van der Waals surface area contributed by atoms with Crippen LogP contribution in [0, 0.1) is 0 Å². The lowest BCUT2D eigenvalue weighted by Crippen LogP contribution is -2.37. The second-order valence-electron chi connectivity index (χ2n) is 6.55. The number of hydrogen-bond acceptors (Lipinski definition) is 2. The minimum atomic E-state index is 0.0901. The smallest absolute Gasteiger partial charge is 0.246 e. The highest BCUT2D eigenvalue weighted by atomic mass is 16.2. The molecule has 3 heteroatoms. The van der Waals surface area contributed by atoms with Gasteiger partial charge in [0.15, 0.2) is 0 Å². The lowest BCUT2D eigenvalue weighted by Gasteiger charge is -2.34. The van der Waals surface area contributed by atoms with Crippen LogP contribution < -0.4 is 0 Å². The third-order valence-electron chi connectivity index (χ3n) is 4.44. The van der Waals surface area contributed by atoms with Crippen molar-refractivity contribution in [3.63, 3.8) is 0 Å². The molecular weight excluding hydrogens is 296 g/mol. The summed E-state index contributed by atoms with van der Waals surface area (Å²) in [5.74, 6) is 0.328. The Morgan fingerprint density at radius 2 is 1.83 bits per heavy atom. The maximum atomic E-state index is 12.6. The molecule has 1 atom stereocenters. The third-order valence-corrected chi connectivity index (χ3v) is 4.44. The molecule has 0 aromatic heterocycles. The fourth-order valence-electron chi connectivity index (χ4n) is 3.21. The van der Waals surface area contributed by atoms with Crippen LogP contribution in [0.2, 0.25) is 0 Å². The Kier molecular flexibility index (Phi) is 5.11. The number of benzene rings is 2. The van der Waals surface area contributed by atoms with E-state index in [9.17, 15) is 4.79 Å². The van der Waals surface area contributed by atoms with Crippen LogP contribution in [-0.2, 0) is 11.3 Å². The third kappa shape index (κ3) is 3.74. The fraction of sp³-hybridized carbons (Fsp3) is 0.286. The van der Waals surface area contributed by atoms with Crippen LogP contribution in [-0.4, -0.2) is 42.9 Å². The zero-order valence-corrected chi connectivity index (χ0v) is 14.4. The van der Waals surface area contributed by atoms with Crippen molar-refractivity contribution in [2.45, 2.75) is 12.5 Å². The minimum Gasteiger partial charge on any atom is -0.334 e. The highest BCUT2D eigenvalue weighted by Gasteiger charge is 2.27. The molecular formula is C21H24N2O. The highest BCUT2D eigenvalue weighted by molar-refractivity contribution is 5.88. The fourth-order valence-corrected chi connectivity index (χ4v) is 3.21. The normalized spacial score (nSPS) is 17.3. The molecule has 124 valence electrons. The Bertz CT molecular complexity index is 722. The van der Waals surface area contributed by atoms with Crippen molar-refractivity contribution in [2.24, 2.45) is 0 Å². The second-order valence-corrected chi connectivity index (χ2v) is 6.55. The Labute approximate surface area is 144 Å². The first kappa shape index (κ1) is 16.5. The molecule has 24 heavy (non-hydrogen) atoms. The lowest BCUT2D eigenvalue weighted by molar-refractivity contribution is -0.127. The van der Waals surface area contributed by atoms with Gasteiger partial charge in [0, 0.05) is 31.6 Å². The molecule has 0 saturated carbocycles. The van der Waals surface area contributed by atoms with Gasteiger partial charge in [0.05, 0.1) is 0 Å². The van der Waals surface area contributed by atoms with Crippen molar-refractivity contribution in [3.05, 3.63) is 83.4 Å². The van der Waals surface area contributed by atoms with Crippen LogP contribution in [0.25, 0.3) is 0 Å². The molecule has 0 aliphatic carbocycles. The largest absolute Gasteiger partial charge is 0.334 e. The minimum absolute atomic E-state index is 0.0901. The molecule has 2 aromatic carbocycles. The molecule has 1 aliphatic heterocycles. The molecule has 0 radical (unpaired) electrons. The number of likely N-dealkylation sites (N-methyl/N-ethyl adjacent to an activating group) is 1. The van der Waals surface area contributed by atoms with Crippen LogP contribution in [0.3, 0.4) is 0 Å². The van der Waals surface area contributed by atoms with Crippen LogP contribution in [0.5, 0.6) is 0 Å². The number of hydrogen-bond donors (Lipinski definition) is 0. The quantitative estimate of drug-likeness (QED) is 0.807. The number of amides is 1. The van der Waals surface area contributed by atoms with E-state index in [4.69, 9.17) is 0 Å². The molecule has 0 N–H and O–H groups in total. The standard InChI is InChI=1S/C21H24N2O/c1-22(2)14-8-13-21(24)23-15-18-11-6-7-12-19(18)20(16-23)17-9-4-3-5-10-17/h3-13,20H,14-16H2,1-2H3/b13-8+. The van der Waals surface area contributed by atoms with E-state index in [1.54, 1.807) is 6.08 Å². The highest BCUT2D eigenvalue weighted by Crippen LogP contribution is 2.33. The Hall–Kier alpha value is -2.39. The Morgan fingerprint density at radius 3 is 2.58 bits per heavy atom. The lowest BCUT2D eigenvalue weighted by atomic mass is 9.84. The van der Waals surface area contributed by atoms with E-state index in [1.807, 2.05) is 36.0 Å². The summed E-state index contributed by atoms with van der Waals surface area (Å²) in [7, 11) is 3.99. The number of carbonyl (C=O) groups excluding carboxylic acids is 1. The monoisotopic (exact) mass is 320 g/mol. The number of nitrogens with zero attached hydrogens (tertiary/aromatic N) is 2. The Balaban J connectivity index is 1.85. The van der Waals surface area contributed by atoms with Gasteiger partial charge in [-0.05, 0) is 30.8 Å². The van der Waals surface area contributed by atoms with Gasteiger partial charge in [0.2, 0.25) is 5.91 Å². The molecule has 0 spiro atoms. The van der Waals surface area contributed by atoms with Crippen molar-refractivity contribution in [1.82, 2.24) is 9.80 Å². The van der Waals surface area contributed by atoms with Gasteiger partial charge < -0.3 is 9.80 Å². The Morgan fingerprint density at radius 1 is 1.12 bits per heavy atom. The van der Waals surface area contributed by atoms with Gasteiger partial charge in [-0.1, -0.05) is 60.7 Å². The summed E-state index contributed by atoms with van der Waals surface area (Å²) in [6.45, 7) is 2.19. The van der Waals surface area contributed by atoms with E-state index in [0.29, 0.717) is 6.54 Å². The van der Waals surface area contributed by atoms with Gasteiger partial charge >= 0.3 is 0 Å². The predicted molar refractivity (Wildman–Crippen MR) is 97.8 cm³/mol. The number of carbonyl (C=O) groups is 1. The molecule has 0 fully saturated rings. The molecule has 1 heterocycles. The van der Waals surface area contributed by atoms with E-state index in [0.717, 1.165) is 13.1 Å². The van der Waals surface area contributed by atoms with Gasteiger partial charge in [0.25, 0.3) is 0 Å². The van der Waals surface area contributed by atoms with E-state index in [1.165, 1.54) is 16.7 Å². The summed E-state index contributed by atoms with van der Waals surface area (Å²) in [6, 6.07) is 18.9. The van der Waals surface area contributed by atoms with Crippen molar-refractivity contribution in [3.8, 4) is 0 Å². The summed E-state index contributed by atoms with van der Waals surface area (Å²) < 4.78 is 0. The summed E-state index contributed by atoms with van der Waals surface area (Å²) in [5, 5.41) is 0. The van der Waals surface area contributed by atoms with Gasteiger partial charge in [0.1, 0.15) is 0 Å². The van der Waals surface area contributed by atoms with Gasteiger partial charge in [-0.2, -0.15) is 0 Å². The van der Waals surface area contributed by atoms with Crippen molar-refractivity contribution in [2.75, 3.05) is 27.2 Å². The van der Waals surface area contributed by atoms with Gasteiger partial charge in [-0.25, -0.2) is 0 Å². The molecule has 0 bridgehead atoms. The van der Waals surface area contributed by atoms with Crippen LogP contribution in [0.1, 0.15) is 22.6 Å². The first-order valence-electron chi connectivity index (χ1n) is 8.38. The topological polar surface area (TPSA) is 23.6 Å². The van der Waals surface area contributed by atoms with E-state index < -0.39 is 0 Å². The van der Waals surface area contributed by atoms with Crippen LogP contribution in [0.15, 0.2) is 66.7 Å². The van der Waals surface area contributed by atoms with Crippen molar-refractivity contribution >= 4 is 5.91 Å². The maximum Gasteiger partial charge on any atom is 0.246 e. The molecule has 3 rings (SSSR count). The second kappa shape index (κ2) is 7.45. The molecule has 0 saturated heterocycles. The average Bonchev–Trinajstić information content (AvgIpc) is 2.61. The summed E-state index contributed by atoms with van der Waals surface area (Å²) in [5.41, 5.74) is 3.84. The zero-order chi connectivity index (χ0) is 16.9. The summed E-state index contributed by atoms with van der Waals surface area (Å²) in [4.78, 5) is 16.6. The summed E-state index contributed by atoms with van der Waals surface area (Å²) in [6.07, 6.45) is 3.64. The molecule has 2 aromatic rings. The van der Waals surface area contributed by atoms with Crippen LogP contribution >= 0.6 is 0 Å². The first-order valence-corrected chi connectivity index (χ1v) is 8.38. The van der Waals surface area contributed by atoms with Gasteiger partial charge in [-0.3, -0.25) is 4.79 Å². The average molecular weight is 320 g/mol. The van der Waals surface area contributed by atoms with Crippen molar-refractivity contribution in [1.29, 1.82) is 0 Å². The van der Waals surface area contributed by atoms with Crippen molar-refractivity contribution < 1.29 is 4.79 Å². The maximum absolute atomic E-state index is 12.6. The predicted octanol–water partition coefficient (Wildman–Crippen LogP) is 3.28. The van der Waals surface area contributed by atoms with E-state index in [-0.39, 0.29) is 11.8 Å². The van der Waals surface area contributed by atoms with Gasteiger partial charge in [-0.15, -0.1) is 0 Å². The molecule has 1 unspecified atom stereocenters. The first-order chi connectivity index (χ1) is 11.6. The van der Waals surface area contributed by atoms with E-state index >= 15 is 0 Å². The van der Waals surface area contributed by atoms with Crippen LogP contribution in [0.4, 0.5) is 0 Å². The molecule has 1 aliphatic rings. The zero-order valence-electron chi connectivity index (χ0n) is 14.4. The van der Waals surface area contributed by atoms with E-state index in [2.05, 4.69) is 48.5 Å². The number of fused-ring (bicyclic) bond motifs is 1.